The lowest BCUT2D eigenvalue weighted by atomic mass is 9.63. The summed E-state index contributed by atoms with van der Waals surface area (Å²) in [5.41, 5.74) is 2.72. The van der Waals surface area contributed by atoms with Crippen molar-refractivity contribution < 1.29 is 9.90 Å². The number of benzene rings is 1. The highest BCUT2D eigenvalue weighted by Gasteiger charge is 2.43. The maximum absolute atomic E-state index is 12.3. The monoisotopic (exact) mass is 394 g/mol. The van der Waals surface area contributed by atoms with Gasteiger partial charge in [-0.1, -0.05) is 24.6 Å². The van der Waals surface area contributed by atoms with Gasteiger partial charge in [-0.25, -0.2) is 0 Å². The second-order valence-corrected chi connectivity index (χ2v) is 7.50. The van der Waals surface area contributed by atoms with Crippen LogP contribution in [0.15, 0.2) is 41.5 Å². The molecule has 1 saturated carbocycles. The summed E-state index contributed by atoms with van der Waals surface area (Å²) in [6, 6.07) is 8.14. The minimum absolute atomic E-state index is 0.107. The van der Waals surface area contributed by atoms with Gasteiger partial charge in [0.05, 0.1) is 6.10 Å². The molecule has 1 aromatic rings. The minimum Gasteiger partial charge on any atom is -0.392 e. The van der Waals surface area contributed by atoms with E-state index in [1.54, 1.807) is 6.08 Å². The highest BCUT2D eigenvalue weighted by Crippen LogP contribution is 2.48. The van der Waals surface area contributed by atoms with E-state index in [4.69, 9.17) is 0 Å². The first-order chi connectivity index (χ1) is 9.99. The van der Waals surface area contributed by atoms with E-state index in [9.17, 15) is 9.90 Å². The van der Waals surface area contributed by atoms with E-state index in [2.05, 4.69) is 29.5 Å². The number of hydrogen-bond acceptors (Lipinski definition) is 2. The van der Waals surface area contributed by atoms with E-state index in [0.29, 0.717) is 6.42 Å². The van der Waals surface area contributed by atoms with Crippen molar-refractivity contribution in [3.8, 4) is 0 Å². The Labute approximate surface area is 139 Å². The molecule has 0 bridgehead atoms. The van der Waals surface area contributed by atoms with Crippen LogP contribution in [0.1, 0.15) is 38.2 Å². The Hall–Kier alpha value is -0.940. The molecule has 0 aliphatic heterocycles. The van der Waals surface area contributed by atoms with Crippen LogP contribution in [0.25, 0.3) is 6.08 Å². The number of halogens is 1. The lowest BCUT2D eigenvalue weighted by Crippen LogP contribution is -2.40. The third-order valence-corrected chi connectivity index (χ3v) is 5.50. The standard InChI is InChI=1S/C18H19IO2/c1-18-11-13(9-12-5-7-15(19)8-6-12)16(20)10-14(18)3-2-4-17(18)21/h5-10,17,21H,2-4,11H2,1H3/t17-,18-/m0/s1. The molecular formula is C18H19IO2. The molecule has 110 valence electrons. The van der Waals surface area contributed by atoms with Crippen molar-refractivity contribution in [2.75, 3.05) is 0 Å². The zero-order valence-corrected chi connectivity index (χ0v) is 14.3. The van der Waals surface area contributed by atoms with Crippen molar-refractivity contribution in [3.05, 3.63) is 50.6 Å². The van der Waals surface area contributed by atoms with E-state index >= 15 is 0 Å². The van der Waals surface area contributed by atoms with Gasteiger partial charge in [0, 0.05) is 14.6 Å². The van der Waals surface area contributed by atoms with Crippen molar-refractivity contribution in [2.24, 2.45) is 5.41 Å². The summed E-state index contributed by atoms with van der Waals surface area (Å²) in [7, 11) is 0. The molecule has 0 heterocycles. The Bertz CT molecular complexity index is 627. The zero-order chi connectivity index (χ0) is 15.0. The first-order valence-corrected chi connectivity index (χ1v) is 8.46. The van der Waals surface area contributed by atoms with Gasteiger partial charge in [0.25, 0.3) is 0 Å². The van der Waals surface area contributed by atoms with Crippen LogP contribution < -0.4 is 0 Å². The largest absolute Gasteiger partial charge is 0.392 e. The van der Waals surface area contributed by atoms with Crippen molar-refractivity contribution in [2.45, 2.75) is 38.7 Å². The smallest absolute Gasteiger partial charge is 0.181 e. The zero-order valence-electron chi connectivity index (χ0n) is 12.1. The molecule has 1 aromatic carbocycles. The fourth-order valence-electron chi connectivity index (χ4n) is 3.39. The molecule has 2 atom stereocenters. The summed E-state index contributed by atoms with van der Waals surface area (Å²) in [4.78, 5) is 12.3. The van der Waals surface area contributed by atoms with Crippen LogP contribution >= 0.6 is 22.6 Å². The summed E-state index contributed by atoms with van der Waals surface area (Å²) in [6.45, 7) is 2.09. The topological polar surface area (TPSA) is 37.3 Å². The second kappa shape index (κ2) is 5.69. The van der Waals surface area contributed by atoms with Gasteiger partial charge in [-0.05, 0) is 78.1 Å². The Morgan fingerprint density at radius 1 is 1.33 bits per heavy atom. The van der Waals surface area contributed by atoms with E-state index in [-0.39, 0.29) is 17.3 Å². The van der Waals surface area contributed by atoms with Crippen molar-refractivity contribution in [1.82, 2.24) is 0 Å². The number of rotatable bonds is 1. The molecule has 0 aromatic heterocycles. The van der Waals surface area contributed by atoms with Gasteiger partial charge in [-0.3, -0.25) is 4.79 Å². The predicted molar refractivity (Wildman–Crippen MR) is 92.8 cm³/mol. The molecule has 2 nitrogen and oxygen atoms in total. The molecule has 0 spiro atoms. The number of aliphatic hydroxyl groups is 1. The summed E-state index contributed by atoms with van der Waals surface area (Å²) < 4.78 is 1.18. The van der Waals surface area contributed by atoms with Crippen LogP contribution in [0.2, 0.25) is 0 Å². The van der Waals surface area contributed by atoms with Crippen LogP contribution in [0.5, 0.6) is 0 Å². The van der Waals surface area contributed by atoms with Crippen LogP contribution in [-0.4, -0.2) is 17.0 Å². The predicted octanol–water partition coefficient (Wildman–Crippen LogP) is 4.12. The molecule has 1 fully saturated rings. The van der Waals surface area contributed by atoms with E-state index in [0.717, 1.165) is 36.0 Å². The molecular weight excluding hydrogens is 375 g/mol. The second-order valence-electron chi connectivity index (χ2n) is 6.26. The highest BCUT2D eigenvalue weighted by molar-refractivity contribution is 14.1. The Kier molecular flexibility index (Phi) is 4.06. The molecule has 21 heavy (non-hydrogen) atoms. The van der Waals surface area contributed by atoms with Gasteiger partial charge in [0.1, 0.15) is 0 Å². The minimum atomic E-state index is -0.342. The third-order valence-electron chi connectivity index (χ3n) is 4.78. The maximum atomic E-state index is 12.3. The van der Waals surface area contributed by atoms with Gasteiger partial charge in [-0.2, -0.15) is 0 Å². The number of carbonyl (C=O) groups is 1. The highest BCUT2D eigenvalue weighted by atomic mass is 127. The average molecular weight is 394 g/mol. The van der Waals surface area contributed by atoms with Gasteiger partial charge < -0.3 is 5.11 Å². The summed E-state index contributed by atoms with van der Waals surface area (Å²) in [5.74, 6) is 0.107. The van der Waals surface area contributed by atoms with Gasteiger partial charge in [0.2, 0.25) is 0 Å². The number of fused-ring (bicyclic) bond motifs is 1. The van der Waals surface area contributed by atoms with E-state index < -0.39 is 0 Å². The Morgan fingerprint density at radius 2 is 2.05 bits per heavy atom. The molecule has 2 aliphatic rings. The lowest BCUT2D eigenvalue weighted by molar-refractivity contribution is -0.112. The normalized spacial score (nSPS) is 31.0. The van der Waals surface area contributed by atoms with Gasteiger partial charge >= 0.3 is 0 Å². The fraction of sp³-hybridized carbons (Fsp3) is 0.389. The summed E-state index contributed by atoms with van der Waals surface area (Å²) >= 11 is 2.27. The maximum Gasteiger partial charge on any atom is 0.181 e. The molecule has 0 saturated heterocycles. The van der Waals surface area contributed by atoms with Crippen molar-refractivity contribution in [3.63, 3.8) is 0 Å². The molecule has 2 aliphatic carbocycles. The summed E-state index contributed by atoms with van der Waals surface area (Å²) in [5, 5.41) is 10.4. The number of ketones is 1. The van der Waals surface area contributed by atoms with Crippen molar-refractivity contribution in [1.29, 1.82) is 0 Å². The first-order valence-electron chi connectivity index (χ1n) is 7.38. The lowest BCUT2D eigenvalue weighted by Gasteiger charge is -2.43. The fourth-order valence-corrected chi connectivity index (χ4v) is 3.75. The van der Waals surface area contributed by atoms with E-state index in [1.165, 1.54) is 3.57 Å². The first kappa shape index (κ1) is 15.0. The molecule has 0 radical (unpaired) electrons. The number of allylic oxidation sites excluding steroid dienone is 2. The molecule has 1 N–H and O–H groups in total. The van der Waals surface area contributed by atoms with Gasteiger partial charge in [0.15, 0.2) is 5.78 Å². The quantitative estimate of drug-likeness (QED) is 0.575. The van der Waals surface area contributed by atoms with Crippen LogP contribution in [0.4, 0.5) is 0 Å². The SMILES string of the molecule is C[C@]12CC(=Cc3ccc(I)cc3)C(=O)C=C1CCC[C@@H]2O. The third kappa shape index (κ3) is 2.86. The number of carbonyl (C=O) groups excluding carboxylic acids is 1. The Balaban J connectivity index is 1.96. The molecule has 0 unspecified atom stereocenters. The van der Waals surface area contributed by atoms with E-state index in [1.807, 2.05) is 30.3 Å². The Morgan fingerprint density at radius 3 is 2.76 bits per heavy atom. The van der Waals surface area contributed by atoms with Crippen molar-refractivity contribution >= 4 is 34.5 Å². The molecule has 3 heteroatoms. The van der Waals surface area contributed by atoms with Crippen LogP contribution in [0.3, 0.4) is 0 Å². The average Bonchev–Trinajstić information content (AvgIpc) is 2.45. The number of hydrogen-bond donors (Lipinski definition) is 1. The molecule has 0 amide bonds. The van der Waals surface area contributed by atoms with Crippen LogP contribution in [-0.2, 0) is 4.79 Å². The number of aliphatic hydroxyl groups excluding tert-OH is 1. The van der Waals surface area contributed by atoms with Crippen LogP contribution in [0, 0.1) is 8.99 Å². The van der Waals surface area contributed by atoms with Gasteiger partial charge in [-0.15, -0.1) is 0 Å². The summed E-state index contributed by atoms with van der Waals surface area (Å²) in [6.07, 6.45) is 6.79. The molecule has 3 rings (SSSR count).